The van der Waals surface area contributed by atoms with Crippen LogP contribution in [-0.4, -0.2) is 38.0 Å². The summed E-state index contributed by atoms with van der Waals surface area (Å²) in [5.74, 6) is 0. The summed E-state index contributed by atoms with van der Waals surface area (Å²) in [6.45, 7) is 0.955. The summed E-state index contributed by atoms with van der Waals surface area (Å²) in [6, 6.07) is 6.85. The molecular formula is C13H16BrNO3S. The van der Waals surface area contributed by atoms with Crippen LogP contribution in [0.25, 0.3) is 0 Å². The second-order valence-electron chi connectivity index (χ2n) is 4.98. The number of ether oxygens (including phenoxy) is 1. The molecule has 1 unspecified atom stereocenters. The summed E-state index contributed by atoms with van der Waals surface area (Å²) in [7, 11) is -3.40. The smallest absolute Gasteiger partial charge is 0.243 e. The maximum absolute atomic E-state index is 12.7. The van der Waals surface area contributed by atoms with Crippen LogP contribution in [0.5, 0.6) is 0 Å². The highest BCUT2D eigenvalue weighted by atomic mass is 79.9. The summed E-state index contributed by atoms with van der Waals surface area (Å²) in [5, 5.41) is 0. The lowest BCUT2D eigenvalue weighted by atomic mass is 10.2. The highest BCUT2D eigenvalue weighted by Gasteiger charge is 2.42. The molecule has 1 saturated carbocycles. The Balaban J connectivity index is 1.93. The minimum Gasteiger partial charge on any atom is -0.375 e. The zero-order chi connectivity index (χ0) is 13.5. The molecule has 1 aromatic rings. The van der Waals surface area contributed by atoms with Gasteiger partial charge in [-0.1, -0.05) is 15.9 Å². The molecule has 2 aliphatic rings. The Bertz CT molecular complexity index is 558. The molecule has 0 radical (unpaired) electrons. The average Bonchev–Trinajstić information content (AvgIpc) is 2.87. The first-order valence-electron chi connectivity index (χ1n) is 6.48. The molecule has 0 N–H and O–H groups in total. The minimum absolute atomic E-state index is 0.0161. The van der Waals surface area contributed by atoms with E-state index in [9.17, 15) is 8.42 Å². The fraction of sp³-hybridized carbons (Fsp3) is 0.538. The summed E-state index contributed by atoms with van der Waals surface area (Å²) >= 11 is 3.32. The zero-order valence-corrected chi connectivity index (χ0v) is 12.9. The molecule has 0 amide bonds. The molecule has 19 heavy (non-hydrogen) atoms. The van der Waals surface area contributed by atoms with Gasteiger partial charge in [-0.05, 0) is 43.5 Å². The van der Waals surface area contributed by atoms with Gasteiger partial charge in [-0.15, -0.1) is 0 Å². The van der Waals surface area contributed by atoms with E-state index in [2.05, 4.69) is 15.9 Å². The Morgan fingerprint density at radius 1 is 1.21 bits per heavy atom. The number of sulfonamides is 1. The minimum atomic E-state index is -3.40. The van der Waals surface area contributed by atoms with Crippen molar-refractivity contribution in [3.8, 4) is 0 Å². The topological polar surface area (TPSA) is 46.6 Å². The van der Waals surface area contributed by atoms with Crippen molar-refractivity contribution < 1.29 is 13.2 Å². The van der Waals surface area contributed by atoms with Gasteiger partial charge in [0.2, 0.25) is 10.0 Å². The predicted molar refractivity (Wildman–Crippen MR) is 75.4 cm³/mol. The Morgan fingerprint density at radius 3 is 2.68 bits per heavy atom. The van der Waals surface area contributed by atoms with Gasteiger partial charge in [0.15, 0.2) is 0 Å². The molecule has 1 saturated heterocycles. The highest BCUT2D eigenvalue weighted by Crippen LogP contribution is 2.33. The van der Waals surface area contributed by atoms with Crippen LogP contribution in [-0.2, 0) is 14.8 Å². The number of nitrogens with zero attached hydrogens (tertiary/aromatic N) is 1. The van der Waals surface area contributed by atoms with E-state index in [0.717, 1.165) is 23.7 Å². The van der Waals surface area contributed by atoms with Crippen LogP contribution >= 0.6 is 15.9 Å². The van der Waals surface area contributed by atoms with Gasteiger partial charge in [-0.3, -0.25) is 0 Å². The molecule has 0 bridgehead atoms. The fourth-order valence-corrected chi connectivity index (χ4v) is 4.86. The van der Waals surface area contributed by atoms with Crippen LogP contribution in [0.1, 0.15) is 19.3 Å². The molecule has 1 heterocycles. The van der Waals surface area contributed by atoms with Crippen LogP contribution in [0.15, 0.2) is 33.6 Å². The van der Waals surface area contributed by atoms with Crippen LogP contribution in [0, 0.1) is 0 Å². The maximum atomic E-state index is 12.7. The molecule has 2 fully saturated rings. The Kier molecular flexibility index (Phi) is 3.68. The lowest BCUT2D eigenvalue weighted by molar-refractivity contribution is -0.0241. The van der Waals surface area contributed by atoms with Gasteiger partial charge in [-0.25, -0.2) is 8.42 Å². The molecule has 3 rings (SSSR count). The molecule has 2 atom stereocenters. The lowest BCUT2D eigenvalue weighted by Crippen LogP contribution is -2.51. The van der Waals surface area contributed by atoms with E-state index in [4.69, 9.17) is 4.74 Å². The quantitative estimate of drug-likeness (QED) is 0.826. The summed E-state index contributed by atoms with van der Waals surface area (Å²) in [6.07, 6.45) is 3.00. The average molecular weight is 346 g/mol. The molecule has 104 valence electrons. The largest absolute Gasteiger partial charge is 0.375 e. The second kappa shape index (κ2) is 5.16. The van der Waals surface area contributed by atoms with E-state index < -0.39 is 10.0 Å². The summed E-state index contributed by atoms with van der Waals surface area (Å²) in [5.41, 5.74) is 0. The molecule has 0 aromatic heterocycles. The third-order valence-electron chi connectivity index (χ3n) is 3.85. The summed E-state index contributed by atoms with van der Waals surface area (Å²) < 4.78 is 33.6. The number of fused-ring (bicyclic) bond motifs is 1. The van der Waals surface area contributed by atoms with Crippen molar-refractivity contribution in [1.29, 1.82) is 0 Å². The van der Waals surface area contributed by atoms with Gasteiger partial charge in [-0.2, -0.15) is 4.31 Å². The molecule has 1 aliphatic heterocycles. The van der Waals surface area contributed by atoms with Crippen molar-refractivity contribution in [2.75, 3.05) is 13.2 Å². The van der Waals surface area contributed by atoms with E-state index in [-0.39, 0.29) is 12.1 Å². The Labute approximate surface area is 121 Å². The van der Waals surface area contributed by atoms with Crippen molar-refractivity contribution >= 4 is 26.0 Å². The van der Waals surface area contributed by atoms with Crippen molar-refractivity contribution in [3.05, 3.63) is 28.7 Å². The molecule has 1 aromatic carbocycles. The number of halogens is 1. The Morgan fingerprint density at radius 2 is 1.95 bits per heavy atom. The van der Waals surface area contributed by atoms with Crippen LogP contribution in [0.4, 0.5) is 0 Å². The summed E-state index contributed by atoms with van der Waals surface area (Å²) in [4.78, 5) is 0.364. The zero-order valence-electron chi connectivity index (χ0n) is 10.5. The van der Waals surface area contributed by atoms with Crippen molar-refractivity contribution in [3.63, 3.8) is 0 Å². The number of hydrogen-bond acceptors (Lipinski definition) is 3. The van der Waals surface area contributed by atoms with Crippen LogP contribution in [0.3, 0.4) is 0 Å². The first-order chi connectivity index (χ1) is 9.09. The fourth-order valence-electron chi connectivity index (χ4n) is 2.93. The first-order valence-corrected chi connectivity index (χ1v) is 8.71. The Hall–Kier alpha value is -0.430. The highest BCUT2D eigenvalue weighted by molar-refractivity contribution is 9.10. The number of morpholine rings is 1. The number of hydrogen-bond donors (Lipinski definition) is 0. The van der Waals surface area contributed by atoms with E-state index in [1.54, 1.807) is 28.6 Å². The van der Waals surface area contributed by atoms with E-state index >= 15 is 0 Å². The van der Waals surface area contributed by atoms with Crippen molar-refractivity contribution in [2.24, 2.45) is 0 Å². The standard InChI is InChI=1S/C13H16BrNO3S/c14-10-4-6-11(7-5-10)19(16,17)15-8-9-18-13-3-1-2-12(13)15/h4-7,12-13H,1-3,8-9H2/t12-,13?/m0/s1. The third-order valence-corrected chi connectivity index (χ3v) is 6.32. The maximum Gasteiger partial charge on any atom is 0.243 e. The van der Waals surface area contributed by atoms with Crippen molar-refractivity contribution in [1.82, 2.24) is 4.31 Å². The van der Waals surface area contributed by atoms with E-state index in [0.29, 0.717) is 18.0 Å². The van der Waals surface area contributed by atoms with E-state index in [1.165, 1.54) is 0 Å². The van der Waals surface area contributed by atoms with Gasteiger partial charge >= 0.3 is 0 Å². The normalized spacial score (nSPS) is 28.3. The second-order valence-corrected chi connectivity index (χ2v) is 7.78. The van der Waals surface area contributed by atoms with Gasteiger partial charge in [0, 0.05) is 11.0 Å². The van der Waals surface area contributed by atoms with Crippen molar-refractivity contribution in [2.45, 2.75) is 36.3 Å². The predicted octanol–water partition coefficient (Wildman–Crippen LogP) is 2.39. The van der Waals surface area contributed by atoms with Gasteiger partial charge in [0.05, 0.1) is 23.6 Å². The molecule has 6 heteroatoms. The molecule has 1 aliphatic carbocycles. The van der Waals surface area contributed by atoms with Gasteiger partial charge in [0.1, 0.15) is 0 Å². The van der Waals surface area contributed by atoms with Crippen LogP contribution < -0.4 is 0 Å². The third kappa shape index (κ3) is 2.46. The van der Waals surface area contributed by atoms with Gasteiger partial charge < -0.3 is 4.74 Å². The number of benzene rings is 1. The SMILES string of the molecule is O=S(=O)(c1ccc(Br)cc1)N1CCOC2CCC[C@@H]21. The lowest BCUT2D eigenvalue weighted by Gasteiger charge is -2.36. The van der Waals surface area contributed by atoms with Crippen LogP contribution in [0.2, 0.25) is 0 Å². The molecule has 0 spiro atoms. The van der Waals surface area contributed by atoms with Gasteiger partial charge in [0.25, 0.3) is 0 Å². The number of rotatable bonds is 2. The first kappa shape index (κ1) is 13.5. The molecular weight excluding hydrogens is 330 g/mol. The monoisotopic (exact) mass is 345 g/mol. The molecule has 4 nitrogen and oxygen atoms in total. The van der Waals surface area contributed by atoms with E-state index in [1.807, 2.05) is 0 Å².